The molecule has 0 amide bonds. The van der Waals surface area contributed by atoms with Gasteiger partial charge in [-0.05, 0) is 32.4 Å². The largest absolute Gasteiger partial charge is 0.465 e. The van der Waals surface area contributed by atoms with Crippen molar-refractivity contribution < 1.29 is 13.9 Å². The molecule has 2 N–H and O–H groups in total. The number of nitrogens with two attached hydrogens (primary N) is 1. The van der Waals surface area contributed by atoms with Crippen molar-refractivity contribution in [3.05, 3.63) is 23.7 Å². The summed E-state index contributed by atoms with van der Waals surface area (Å²) in [5.41, 5.74) is 6.18. The molecule has 0 aliphatic heterocycles. The molecule has 0 spiro atoms. The van der Waals surface area contributed by atoms with Crippen molar-refractivity contribution in [2.75, 3.05) is 40.5 Å². The molecule has 0 fully saturated rings. The van der Waals surface area contributed by atoms with E-state index in [0.717, 1.165) is 37.6 Å². The molecule has 116 valence electrons. The summed E-state index contributed by atoms with van der Waals surface area (Å²) in [6, 6.07) is 4.05. The fourth-order valence-corrected chi connectivity index (χ4v) is 2.39. The minimum atomic E-state index is -0.0139. The first kappa shape index (κ1) is 17.2. The highest BCUT2D eigenvalue weighted by Crippen LogP contribution is 2.25. The van der Waals surface area contributed by atoms with E-state index in [0.29, 0.717) is 6.61 Å². The highest BCUT2D eigenvalue weighted by atomic mass is 16.5. The molecule has 1 aromatic rings. The van der Waals surface area contributed by atoms with Crippen molar-refractivity contribution in [1.82, 2.24) is 4.90 Å². The monoisotopic (exact) mass is 284 g/mol. The van der Waals surface area contributed by atoms with Gasteiger partial charge in [0.25, 0.3) is 0 Å². The van der Waals surface area contributed by atoms with Gasteiger partial charge >= 0.3 is 0 Å². The van der Waals surface area contributed by atoms with Gasteiger partial charge in [-0.15, -0.1) is 0 Å². The van der Waals surface area contributed by atoms with Gasteiger partial charge in [0.05, 0.1) is 12.6 Å². The zero-order valence-corrected chi connectivity index (χ0v) is 13.1. The summed E-state index contributed by atoms with van der Waals surface area (Å²) in [5.74, 6) is 1.83. The minimum Gasteiger partial charge on any atom is -0.465 e. The maximum Gasteiger partial charge on any atom is 0.122 e. The van der Waals surface area contributed by atoms with Crippen LogP contribution in [0.3, 0.4) is 0 Å². The van der Waals surface area contributed by atoms with Gasteiger partial charge < -0.3 is 19.6 Å². The molecule has 0 aliphatic rings. The third-order valence-corrected chi connectivity index (χ3v) is 3.32. The molecule has 1 aromatic heterocycles. The van der Waals surface area contributed by atoms with Gasteiger partial charge in [-0.3, -0.25) is 4.90 Å². The van der Waals surface area contributed by atoms with E-state index in [2.05, 4.69) is 4.90 Å². The van der Waals surface area contributed by atoms with E-state index in [1.54, 1.807) is 14.2 Å². The van der Waals surface area contributed by atoms with Gasteiger partial charge in [-0.1, -0.05) is 0 Å². The average Bonchev–Trinajstić information content (AvgIpc) is 2.81. The lowest BCUT2D eigenvalue weighted by Gasteiger charge is -2.32. The number of aryl methyl sites for hydroxylation is 1. The number of methoxy groups -OCH3 is 2. The molecule has 0 saturated carbocycles. The number of furan rings is 1. The Hall–Kier alpha value is -0.880. The van der Waals surface area contributed by atoms with E-state index < -0.39 is 0 Å². The lowest BCUT2D eigenvalue weighted by atomic mass is 10.1. The summed E-state index contributed by atoms with van der Waals surface area (Å²) in [5, 5.41) is 0. The lowest BCUT2D eigenvalue weighted by Crippen LogP contribution is -2.41. The van der Waals surface area contributed by atoms with E-state index in [4.69, 9.17) is 19.6 Å². The quantitative estimate of drug-likeness (QED) is 0.666. The Morgan fingerprint density at radius 1 is 1.20 bits per heavy atom. The SMILES string of the molecule is COCCCN(CCOC)C(c1ccc(C)o1)C(C)N. The molecule has 5 heteroatoms. The van der Waals surface area contributed by atoms with Crippen LogP contribution < -0.4 is 5.73 Å². The van der Waals surface area contributed by atoms with Crippen LogP contribution in [0.25, 0.3) is 0 Å². The second kappa shape index (κ2) is 9.13. The van der Waals surface area contributed by atoms with Gasteiger partial charge in [-0.2, -0.15) is 0 Å². The van der Waals surface area contributed by atoms with Crippen molar-refractivity contribution in [2.45, 2.75) is 32.4 Å². The highest BCUT2D eigenvalue weighted by Gasteiger charge is 2.26. The molecule has 1 rings (SSSR count). The fourth-order valence-electron chi connectivity index (χ4n) is 2.39. The van der Waals surface area contributed by atoms with Crippen molar-refractivity contribution in [3.8, 4) is 0 Å². The minimum absolute atomic E-state index is 0.0139. The summed E-state index contributed by atoms with van der Waals surface area (Å²) in [6.07, 6.45) is 0.961. The van der Waals surface area contributed by atoms with Crippen LogP contribution in [-0.2, 0) is 9.47 Å². The number of ether oxygens (including phenoxy) is 2. The van der Waals surface area contributed by atoms with Gasteiger partial charge in [-0.25, -0.2) is 0 Å². The Labute approximate surface area is 122 Å². The molecule has 0 aromatic carbocycles. The summed E-state index contributed by atoms with van der Waals surface area (Å²) >= 11 is 0. The number of hydrogen-bond donors (Lipinski definition) is 1. The smallest absolute Gasteiger partial charge is 0.122 e. The molecular weight excluding hydrogens is 256 g/mol. The Morgan fingerprint density at radius 2 is 1.90 bits per heavy atom. The molecule has 2 unspecified atom stereocenters. The first-order chi connectivity index (χ1) is 9.60. The van der Waals surface area contributed by atoms with E-state index >= 15 is 0 Å². The topological polar surface area (TPSA) is 60.9 Å². The second-order valence-electron chi connectivity index (χ2n) is 5.13. The second-order valence-corrected chi connectivity index (χ2v) is 5.13. The van der Waals surface area contributed by atoms with Crippen molar-refractivity contribution in [2.24, 2.45) is 5.73 Å². The zero-order chi connectivity index (χ0) is 15.0. The van der Waals surface area contributed by atoms with Gasteiger partial charge in [0.15, 0.2) is 0 Å². The Bertz CT molecular complexity index is 366. The first-order valence-electron chi connectivity index (χ1n) is 7.14. The summed E-state index contributed by atoms with van der Waals surface area (Å²) in [7, 11) is 3.43. The predicted molar refractivity (Wildman–Crippen MR) is 79.8 cm³/mol. The lowest BCUT2D eigenvalue weighted by molar-refractivity contribution is 0.0890. The third-order valence-electron chi connectivity index (χ3n) is 3.32. The molecule has 5 nitrogen and oxygen atoms in total. The van der Waals surface area contributed by atoms with E-state index in [1.807, 2.05) is 26.0 Å². The zero-order valence-electron chi connectivity index (χ0n) is 13.1. The van der Waals surface area contributed by atoms with Crippen molar-refractivity contribution >= 4 is 0 Å². The van der Waals surface area contributed by atoms with Crippen LogP contribution in [0, 0.1) is 6.92 Å². The maximum atomic E-state index is 6.18. The van der Waals surface area contributed by atoms with Crippen LogP contribution in [0.5, 0.6) is 0 Å². The Balaban J connectivity index is 2.80. The van der Waals surface area contributed by atoms with Crippen LogP contribution in [0.4, 0.5) is 0 Å². The summed E-state index contributed by atoms with van der Waals surface area (Å²) in [6.45, 7) is 7.11. The van der Waals surface area contributed by atoms with Gasteiger partial charge in [0.2, 0.25) is 0 Å². The Morgan fingerprint density at radius 3 is 2.40 bits per heavy atom. The third kappa shape index (κ3) is 5.25. The van der Waals surface area contributed by atoms with Crippen LogP contribution in [0.1, 0.15) is 30.9 Å². The standard InChI is InChI=1S/C15H28N2O3/c1-12-6-7-14(20-12)15(13(2)16)17(9-11-19-4)8-5-10-18-3/h6-7,13,15H,5,8-11,16H2,1-4H3. The van der Waals surface area contributed by atoms with E-state index in [-0.39, 0.29) is 12.1 Å². The molecule has 2 atom stereocenters. The van der Waals surface area contributed by atoms with Crippen LogP contribution in [-0.4, -0.2) is 51.5 Å². The maximum absolute atomic E-state index is 6.18. The average molecular weight is 284 g/mol. The summed E-state index contributed by atoms with van der Waals surface area (Å²) in [4.78, 5) is 2.31. The molecule has 1 heterocycles. The molecule has 0 aliphatic carbocycles. The number of nitrogens with zero attached hydrogens (tertiary/aromatic N) is 1. The fraction of sp³-hybridized carbons (Fsp3) is 0.733. The predicted octanol–water partition coefficient (Wildman–Crippen LogP) is 1.96. The normalized spacial score (nSPS) is 14.7. The van der Waals surface area contributed by atoms with E-state index in [9.17, 15) is 0 Å². The van der Waals surface area contributed by atoms with Crippen LogP contribution >= 0.6 is 0 Å². The molecule has 0 radical (unpaired) electrons. The molecule has 0 saturated heterocycles. The number of hydrogen-bond acceptors (Lipinski definition) is 5. The molecule has 0 bridgehead atoms. The first-order valence-corrected chi connectivity index (χ1v) is 7.14. The van der Waals surface area contributed by atoms with E-state index in [1.165, 1.54) is 0 Å². The number of rotatable bonds is 10. The van der Waals surface area contributed by atoms with Gasteiger partial charge in [0.1, 0.15) is 11.5 Å². The highest BCUT2D eigenvalue weighted by molar-refractivity contribution is 5.11. The molecule has 20 heavy (non-hydrogen) atoms. The Kier molecular flexibility index (Phi) is 7.84. The molecular formula is C15H28N2O3. The van der Waals surface area contributed by atoms with Gasteiger partial charge in [0, 0.05) is 40.0 Å². The van der Waals surface area contributed by atoms with Crippen LogP contribution in [0.2, 0.25) is 0 Å². The van der Waals surface area contributed by atoms with Crippen molar-refractivity contribution in [1.29, 1.82) is 0 Å². The summed E-state index contributed by atoms with van der Waals surface area (Å²) < 4.78 is 16.1. The van der Waals surface area contributed by atoms with Crippen molar-refractivity contribution in [3.63, 3.8) is 0 Å². The van der Waals surface area contributed by atoms with Crippen LogP contribution in [0.15, 0.2) is 16.5 Å².